The Morgan fingerprint density at radius 2 is 1.91 bits per heavy atom. The molecule has 0 N–H and O–H groups in total. The fourth-order valence-corrected chi connectivity index (χ4v) is 3.28. The minimum absolute atomic E-state index is 0.0942. The Morgan fingerprint density at radius 3 is 2.43 bits per heavy atom. The van der Waals surface area contributed by atoms with E-state index in [9.17, 15) is 17.6 Å². The predicted octanol–water partition coefficient (Wildman–Crippen LogP) is 3.35. The van der Waals surface area contributed by atoms with Crippen LogP contribution >= 0.6 is 15.9 Å². The normalized spacial score (nSPS) is 10.7. The molecule has 0 aliphatic carbocycles. The van der Waals surface area contributed by atoms with Crippen LogP contribution in [0.5, 0.6) is 0 Å². The summed E-state index contributed by atoms with van der Waals surface area (Å²) in [7, 11) is -1.91. The SMILES string of the molecule is COC(=O)c1ccc(N(c2ccc(Br)cc2C)[SH](=O)=O)cc1F. The van der Waals surface area contributed by atoms with Crippen molar-refractivity contribution in [2.45, 2.75) is 6.92 Å². The maximum Gasteiger partial charge on any atom is 0.340 e. The summed E-state index contributed by atoms with van der Waals surface area (Å²) in [6.45, 7) is 1.74. The van der Waals surface area contributed by atoms with Crippen LogP contribution in [0.25, 0.3) is 0 Å². The van der Waals surface area contributed by atoms with Crippen molar-refractivity contribution in [3.8, 4) is 0 Å². The van der Waals surface area contributed by atoms with E-state index in [1.807, 2.05) is 0 Å². The van der Waals surface area contributed by atoms with E-state index in [0.29, 0.717) is 11.3 Å². The second-order valence-corrected chi connectivity index (χ2v) is 6.43. The number of ether oxygens (including phenoxy) is 1. The van der Waals surface area contributed by atoms with Gasteiger partial charge in [0.15, 0.2) is 0 Å². The van der Waals surface area contributed by atoms with E-state index in [1.54, 1.807) is 25.1 Å². The van der Waals surface area contributed by atoms with Gasteiger partial charge in [-0.2, -0.15) is 0 Å². The van der Waals surface area contributed by atoms with E-state index in [0.717, 1.165) is 22.0 Å². The number of rotatable bonds is 4. The molecule has 2 aromatic carbocycles. The molecular formula is C15H13BrFNO4S. The highest BCUT2D eigenvalue weighted by molar-refractivity contribution is 9.10. The zero-order valence-electron chi connectivity index (χ0n) is 12.2. The molecule has 8 heteroatoms. The average molecular weight is 402 g/mol. The topological polar surface area (TPSA) is 63.7 Å². The molecule has 0 aliphatic heterocycles. The highest BCUT2D eigenvalue weighted by atomic mass is 79.9. The summed E-state index contributed by atoms with van der Waals surface area (Å²) in [6, 6.07) is 8.57. The summed E-state index contributed by atoms with van der Waals surface area (Å²) in [5.41, 5.74) is 0.923. The molecule has 0 saturated carbocycles. The van der Waals surface area contributed by atoms with Crippen LogP contribution in [0.1, 0.15) is 15.9 Å². The number of nitrogens with zero attached hydrogens (tertiary/aromatic N) is 1. The highest BCUT2D eigenvalue weighted by Gasteiger charge is 2.18. The van der Waals surface area contributed by atoms with E-state index in [1.165, 1.54) is 12.1 Å². The van der Waals surface area contributed by atoms with Gasteiger partial charge in [-0.3, -0.25) is 0 Å². The Kier molecular flexibility index (Phi) is 5.38. The van der Waals surface area contributed by atoms with Gasteiger partial charge in [-0.15, -0.1) is 0 Å². The van der Waals surface area contributed by atoms with Crippen molar-refractivity contribution in [3.63, 3.8) is 0 Å². The molecule has 0 fully saturated rings. The maximum absolute atomic E-state index is 14.1. The molecule has 2 aromatic rings. The summed E-state index contributed by atoms with van der Waals surface area (Å²) < 4.78 is 43.6. The number of thiol groups is 1. The van der Waals surface area contributed by atoms with Crippen LogP contribution in [0.15, 0.2) is 40.9 Å². The summed E-state index contributed by atoms with van der Waals surface area (Å²) in [6.07, 6.45) is 0. The Hall–Kier alpha value is -1.93. The van der Waals surface area contributed by atoms with Gasteiger partial charge in [-0.1, -0.05) is 15.9 Å². The molecule has 0 bridgehead atoms. The number of halogens is 2. The lowest BCUT2D eigenvalue weighted by atomic mass is 10.1. The van der Waals surface area contributed by atoms with Crippen molar-refractivity contribution in [2.24, 2.45) is 0 Å². The van der Waals surface area contributed by atoms with Gasteiger partial charge in [0.25, 0.3) is 0 Å². The largest absolute Gasteiger partial charge is 0.465 e. The van der Waals surface area contributed by atoms with E-state index < -0.39 is 22.7 Å². The molecule has 0 unspecified atom stereocenters. The summed E-state index contributed by atoms with van der Waals surface area (Å²) in [5.74, 6) is -1.68. The lowest BCUT2D eigenvalue weighted by Gasteiger charge is -2.20. The standard InChI is InChI=1S/C15H13BrFNO4S/c1-9-7-10(16)3-6-14(9)18(23(20)21)11-4-5-12(13(17)8-11)15(19)22-2/h3-8,23H,1-2H3. The lowest BCUT2D eigenvalue weighted by Crippen LogP contribution is -2.16. The first-order valence-corrected chi connectivity index (χ1v) is 8.36. The van der Waals surface area contributed by atoms with Gasteiger partial charge >= 0.3 is 5.97 Å². The number of hydrogen-bond donors (Lipinski definition) is 1. The molecule has 0 spiro atoms. The van der Waals surface area contributed by atoms with Gasteiger partial charge in [0.1, 0.15) is 5.82 Å². The lowest BCUT2D eigenvalue weighted by molar-refractivity contribution is 0.0595. The predicted molar refractivity (Wildman–Crippen MR) is 89.1 cm³/mol. The van der Waals surface area contributed by atoms with Crippen LogP contribution in [0, 0.1) is 12.7 Å². The Labute approximate surface area is 142 Å². The number of esters is 1. The number of benzene rings is 2. The smallest absolute Gasteiger partial charge is 0.340 e. The minimum Gasteiger partial charge on any atom is -0.465 e. The van der Waals surface area contributed by atoms with Gasteiger partial charge in [0.2, 0.25) is 10.9 Å². The molecule has 0 saturated heterocycles. The molecular weight excluding hydrogens is 389 g/mol. The summed E-state index contributed by atoms with van der Waals surface area (Å²) in [5, 5.41) is 0. The maximum atomic E-state index is 14.1. The van der Waals surface area contributed by atoms with Crippen LogP contribution in [-0.4, -0.2) is 21.5 Å². The van der Waals surface area contributed by atoms with Crippen molar-refractivity contribution in [1.82, 2.24) is 0 Å². The molecule has 0 radical (unpaired) electrons. The fraction of sp³-hybridized carbons (Fsp3) is 0.133. The molecule has 0 aliphatic rings. The minimum atomic E-state index is -3.05. The highest BCUT2D eigenvalue weighted by Crippen LogP contribution is 2.31. The quantitative estimate of drug-likeness (QED) is 0.630. The van der Waals surface area contributed by atoms with Crippen molar-refractivity contribution in [3.05, 3.63) is 57.8 Å². The number of carbonyl (C=O) groups excluding carboxylic acids is 1. The third-order valence-electron chi connectivity index (χ3n) is 3.15. The molecule has 0 aromatic heterocycles. The summed E-state index contributed by atoms with van der Waals surface area (Å²) in [4.78, 5) is 11.4. The van der Waals surface area contributed by atoms with Gasteiger partial charge in [0.05, 0.1) is 24.0 Å². The first-order chi connectivity index (χ1) is 10.8. The second-order valence-electron chi connectivity index (χ2n) is 4.64. The van der Waals surface area contributed by atoms with E-state index in [-0.39, 0.29) is 11.3 Å². The Bertz CT molecular complexity index is 830. The third-order valence-corrected chi connectivity index (χ3v) is 4.42. The monoisotopic (exact) mass is 401 g/mol. The molecule has 0 heterocycles. The molecule has 0 amide bonds. The fourth-order valence-electron chi connectivity index (χ4n) is 2.09. The van der Waals surface area contributed by atoms with Gasteiger partial charge in [-0.05, 0) is 48.9 Å². The first kappa shape index (κ1) is 17.4. The molecule has 0 atom stereocenters. The zero-order valence-corrected chi connectivity index (χ0v) is 14.7. The van der Waals surface area contributed by atoms with E-state index >= 15 is 0 Å². The molecule has 23 heavy (non-hydrogen) atoms. The molecule has 122 valence electrons. The van der Waals surface area contributed by atoms with Crippen molar-refractivity contribution < 1.29 is 22.3 Å². The van der Waals surface area contributed by atoms with Crippen LogP contribution < -0.4 is 4.31 Å². The van der Waals surface area contributed by atoms with Gasteiger partial charge in [0, 0.05) is 4.47 Å². The van der Waals surface area contributed by atoms with Crippen molar-refractivity contribution in [1.29, 1.82) is 0 Å². The van der Waals surface area contributed by atoms with Gasteiger partial charge in [-0.25, -0.2) is 21.9 Å². The first-order valence-electron chi connectivity index (χ1n) is 6.43. The number of methoxy groups -OCH3 is 1. The van der Waals surface area contributed by atoms with Crippen LogP contribution in [0.3, 0.4) is 0 Å². The van der Waals surface area contributed by atoms with Gasteiger partial charge < -0.3 is 4.74 Å². The number of hydrogen-bond acceptors (Lipinski definition) is 4. The Morgan fingerprint density at radius 1 is 1.22 bits per heavy atom. The number of aryl methyl sites for hydroxylation is 1. The van der Waals surface area contributed by atoms with Crippen LogP contribution in [0.4, 0.5) is 15.8 Å². The van der Waals surface area contributed by atoms with Crippen LogP contribution in [-0.2, 0) is 15.6 Å². The van der Waals surface area contributed by atoms with Crippen LogP contribution in [0.2, 0.25) is 0 Å². The second kappa shape index (κ2) is 7.10. The van der Waals surface area contributed by atoms with Crippen molar-refractivity contribution in [2.75, 3.05) is 11.4 Å². The summed E-state index contributed by atoms with van der Waals surface area (Å²) >= 11 is 3.30. The number of carbonyl (C=O) groups is 1. The third kappa shape index (κ3) is 3.70. The Balaban J connectivity index is 2.55. The average Bonchev–Trinajstić information content (AvgIpc) is 2.49. The van der Waals surface area contributed by atoms with E-state index in [2.05, 4.69) is 20.7 Å². The molecule has 2 rings (SSSR count). The number of anilines is 2. The van der Waals surface area contributed by atoms with E-state index in [4.69, 9.17) is 0 Å². The zero-order chi connectivity index (χ0) is 17.1. The molecule has 5 nitrogen and oxygen atoms in total. The van der Waals surface area contributed by atoms with Crippen molar-refractivity contribution >= 4 is 44.2 Å².